The monoisotopic (exact) mass is 251 g/mol. The van der Waals surface area contributed by atoms with E-state index >= 15 is 0 Å². The minimum atomic E-state index is 0.0448. The Kier molecular flexibility index (Phi) is 2.33. The predicted octanol–water partition coefficient (Wildman–Crippen LogP) is 3.78. The van der Waals surface area contributed by atoms with Crippen LogP contribution >= 0.6 is 0 Å². The molecule has 2 aromatic carbocycles. The van der Waals surface area contributed by atoms with E-state index in [0.717, 1.165) is 22.3 Å². The third-order valence-electron chi connectivity index (χ3n) is 3.71. The van der Waals surface area contributed by atoms with Crippen LogP contribution in [0.2, 0.25) is 0 Å². The number of anilines is 1. The Morgan fingerprint density at radius 3 is 2.05 bits per heavy atom. The average Bonchev–Trinajstić information content (AvgIpc) is 2.62. The van der Waals surface area contributed by atoms with Crippen molar-refractivity contribution in [2.45, 2.75) is 26.2 Å². The number of fused-ring (bicyclic) bond motifs is 3. The summed E-state index contributed by atoms with van der Waals surface area (Å²) in [6.07, 6.45) is 0. The Morgan fingerprint density at radius 2 is 1.42 bits per heavy atom. The molecule has 2 nitrogen and oxygen atoms in total. The number of ketones is 1. The fourth-order valence-electron chi connectivity index (χ4n) is 2.56. The third kappa shape index (κ3) is 1.75. The summed E-state index contributed by atoms with van der Waals surface area (Å²) in [5.74, 6) is 0.0865. The highest BCUT2D eigenvalue weighted by Crippen LogP contribution is 2.39. The SMILES string of the molecule is CC(C)(C)c1ccc2c(c1)C(=O)c1cc(N)ccc1-2. The molecule has 0 aliphatic heterocycles. The van der Waals surface area contributed by atoms with E-state index in [9.17, 15) is 4.79 Å². The number of hydrogen-bond donors (Lipinski definition) is 1. The molecule has 2 N–H and O–H groups in total. The van der Waals surface area contributed by atoms with Crippen LogP contribution in [0.15, 0.2) is 36.4 Å². The van der Waals surface area contributed by atoms with Crippen molar-refractivity contribution in [2.24, 2.45) is 0 Å². The number of hydrogen-bond acceptors (Lipinski definition) is 2. The summed E-state index contributed by atoms with van der Waals surface area (Å²) in [6.45, 7) is 6.46. The Bertz CT molecular complexity index is 693. The normalized spacial score (nSPS) is 13.3. The summed E-state index contributed by atoms with van der Waals surface area (Å²) in [5, 5.41) is 0. The topological polar surface area (TPSA) is 43.1 Å². The zero-order chi connectivity index (χ0) is 13.8. The van der Waals surface area contributed by atoms with Gasteiger partial charge in [-0.3, -0.25) is 4.79 Å². The van der Waals surface area contributed by atoms with Crippen LogP contribution in [0.5, 0.6) is 0 Å². The molecule has 96 valence electrons. The van der Waals surface area contributed by atoms with E-state index in [0.29, 0.717) is 5.69 Å². The van der Waals surface area contributed by atoms with Gasteiger partial charge in [-0.15, -0.1) is 0 Å². The van der Waals surface area contributed by atoms with Gasteiger partial charge >= 0.3 is 0 Å². The molecule has 19 heavy (non-hydrogen) atoms. The van der Waals surface area contributed by atoms with Gasteiger partial charge in [0.25, 0.3) is 0 Å². The highest BCUT2D eigenvalue weighted by molar-refractivity contribution is 6.22. The van der Waals surface area contributed by atoms with Gasteiger partial charge in [-0.1, -0.05) is 39.0 Å². The largest absolute Gasteiger partial charge is 0.399 e. The van der Waals surface area contributed by atoms with Gasteiger partial charge in [0, 0.05) is 16.8 Å². The summed E-state index contributed by atoms with van der Waals surface area (Å²) >= 11 is 0. The van der Waals surface area contributed by atoms with Gasteiger partial charge in [-0.2, -0.15) is 0 Å². The van der Waals surface area contributed by atoms with Crippen LogP contribution in [-0.4, -0.2) is 5.78 Å². The first-order valence-electron chi connectivity index (χ1n) is 6.47. The summed E-state index contributed by atoms with van der Waals surface area (Å²) < 4.78 is 0. The van der Waals surface area contributed by atoms with E-state index in [1.165, 1.54) is 5.56 Å². The quantitative estimate of drug-likeness (QED) is 0.618. The molecule has 0 saturated carbocycles. The fourth-order valence-corrected chi connectivity index (χ4v) is 2.56. The minimum Gasteiger partial charge on any atom is -0.399 e. The van der Waals surface area contributed by atoms with Gasteiger partial charge in [0.15, 0.2) is 5.78 Å². The molecular formula is C17H17NO. The van der Waals surface area contributed by atoms with Crippen molar-refractivity contribution >= 4 is 11.5 Å². The summed E-state index contributed by atoms with van der Waals surface area (Å²) in [5.41, 5.74) is 11.2. The Labute approximate surface area is 113 Å². The van der Waals surface area contributed by atoms with Crippen molar-refractivity contribution in [3.63, 3.8) is 0 Å². The maximum atomic E-state index is 12.5. The van der Waals surface area contributed by atoms with Crippen molar-refractivity contribution < 1.29 is 4.79 Å². The molecule has 0 unspecified atom stereocenters. The zero-order valence-electron chi connectivity index (χ0n) is 11.4. The molecule has 2 heteroatoms. The highest BCUT2D eigenvalue weighted by Gasteiger charge is 2.28. The smallest absolute Gasteiger partial charge is 0.194 e. The highest BCUT2D eigenvalue weighted by atomic mass is 16.1. The third-order valence-corrected chi connectivity index (χ3v) is 3.71. The van der Waals surface area contributed by atoms with E-state index in [-0.39, 0.29) is 11.2 Å². The number of nitrogen functional groups attached to an aromatic ring is 1. The van der Waals surface area contributed by atoms with Crippen LogP contribution in [0, 0.1) is 0 Å². The van der Waals surface area contributed by atoms with E-state index in [1.807, 2.05) is 18.2 Å². The second-order valence-electron chi connectivity index (χ2n) is 6.14. The molecular weight excluding hydrogens is 234 g/mol. The second-order valence-corrected chi connectivity index (χ2v) is 6.14. The van der Waals surface area contributed by atoms with Crippen molar-refractivity contribution in [3.05, 3.63) is 53.1 Å². The van der Waals surface area contributed by atoms with Crippen LogP contribution in [0.1, 0.15) is 42.3 Å². The number of carbonyl (C=O) groups is 1. The van der Waals surface area contributed by atoms with Gasteiger partial charge in [-0.05, 0) is 40.3 Å². The Hall–Kier alpha value is -2.09. The lowest BCUT2D eigenvalue weighted by atomic mass is 9.85. The Morgan fingerprint density at radius 1 is 0.842 bits per heavy atom. The molecule has 3 rings (SSSR count). The molecule has 0 bridgehead atoms. The molecule has 0 amide bonds. The summed E-state index contributed by atoms with van der Waals surface area (Å²) in [6, 6.07) is 11.7. The van der Waals surface area contributed by atoms with Crippen LogP contribution in [0.25, 0.3) is 11.1 Å². The van der Waals surface area contributed by atoms with Crippen molar-refractivity contribution in [1.29, 1.82) is 0 Å². The van der Waals surface area contributed by atoms with E-state index in [1.54, 1.807) is 6.07 Å². The summed E-state index contributed by atoms with van der Waals surface area (Å²) in [4.78, 5) is 12.5. The molecule has 1 aliphatic carbocycles. The van der Waals surface area contributed by atoms with Gasteiger partial charge < -0.3 is 5.73 Å². The number of nitrogens with two attached hydrogens (primary N) is 1. The first-order chi connectivity index (χ1) is 8.88. The van der Waals surface area contributed by atoms with E-state index in [2.05, 4.69) is 32.9 Å². The molecule has 2 aromatic rings. The molecule has 0 spiro atoms. The van der Waals surface area contributed by atoms with Gasteiger partial charge in [0.05, 0.1) is 0 Å². The number of benzene rings is 2. The predicted molar refractivity (Wildman–Crippen MR) is 78.4 cm³/mol. The first kappa shape index (κ1) is 12.0. The van der Waals surface area contributed by atoms with Gasteiger partial charge in [-0.25, -0.2) is 0 Å². The maximum Gasteiger partial charge on any atom is 0.194 e. The second kappa shape index (κ2) is 3.70. The lowest BCUT2D eigenvalue weighted by Gasteiger charge is -2.19. The van der Waals surface area contributed by atoms with Crippen molar-refractivity contribution in [3.8, 4) is 11.1 Å². The van der Waals surface area contributed by atoms with Crippen molar-refractivity contribution in [2.75, 3.05) is 5.73 Å². The molecule has 0 heterocycles. The van der Waals surface area contributed by atoms with Crippen LogP contribution < -0.4 is 5.73 Å². The van der Waals surface area contributed by atoms with E-state index in [4.69, 9.17) is 5.73 Å². The Balaban J connectivity index is 2.22. The molecule has 0 aromatic heterocycles. The lowest BCUT2D eigenvalue weighted by molar-refractivity contribution is 0.104. The fraction of sp³-hybridized carbons (Fsp3) is 0.235. The average molecular weight is 251 g/mol. The standard InChI is InChI=1S/C17H17NO/c1-17(2,3)10-4-6-12-13-7-5-11(18)9-15(13)16(19)14(12)8-10/h4-9H,18H2,1-3H3. The molecule has 0 radical (unpaired) electrons. The minimum absolute atomic E-state index is 0.0448. The lowest BCUT2D eigenvalue weighted by Crippen LogP contribution is -2.11. The van der Waals surface area contributed by atoms with E-state index < -0.39 is 0 Å². The maximum absolute atomic E-state index is 12.5. The summed E-state index contributed by atoms with van der Waals surface area (Å²) in [7, 11) is 0. The van der Waals surface area contributed by atoms with Gasteiger partial charge in [0.2, 0.25) is 0 Å². The molecule has 1 aliphatic rings. The molecule has 0 fully saturated rings. The van der Waals surface area contributed by atoms with Crippen LogP contribution in [-0.2, 0) is 5.41 Å². The molecule has 0 saturated heterocycles. The molecule has 0 atom stereocenters. The van der Waals surface area contributed by atoms with Crippen molar-refractivity contribution in [1.82, 2.24) is 0 Å². The number of rotatable bonds is 0. The number of carbonyl (C=O) groups excluding carboxylic acids is 1. The zero-order valence-corrected chi connectivity index (χ0v) is 11.4. The first-order valence-corrected chi connectivity index (χ1v) is 6.47. The van der Waals surface area contributed by atoms with Crippen LogP contribution in [0.3, 0.4) is 0 Å². The van der Waals surface area contributed by atoms with Crippen LogP contribution in [0.4, 0.5) is 5.69 Å². The van der Waals surface area contributed by atoms with Gasteiger partial charge in [0.1, 0.15) is 0 Å².